The zero-order chi connectivity index (χ0) is 22.1. The van der Waals surface area contributed by atoms with Gasteiger partial charge in [-0.2, -0.15) is 0 Å². The molecule has 0 saturated carbocycles. The van der Waals surface area contributed by atoms with Gasteiger partial charge in [0.25, 0.3) is 0 Å². The molecule has 3 rings (SSSR count). The predicted molar refractivity (Wildman–Crippen MR) is 136 cm³/mol. The Hall–Kier alpha value is -1.46. The number of methoxy groups -OCH3 is 3. The van der Waals surface area contributed by atoms with E-state index in [-0.39, 0.29) is 30.1 Å². The van der Waals surface area contributed by atoms with Crippen LogP contribution in [0.3, 0.4) is 0 Å². The Balaban J connectivity index is 0.00000363. The number of hydrogen-bond acceptors (Lipinski definition) is 6. The molecule has 1 atom stereocenters. The molecule has 2 fully saturated rings. The summed E-state index contributed by atoms with van der Waals surface area (Å²) >= 11 is 0. The van der Waals surface area contributed by atoms with Crippen LogP contribution in [-0.4, -0.2) is 77.7 Å². The maximum absolute atomic E-state index is 6.13. The molecular weight excluding hydrogens is 525 g/mol. The highest BCUT2D eigenvalue weighted by molar-refractivity contribution is 14.0. The van der Waals surface area contributed by atoms with E-state index in [1.807, 2.05) is 19.2 Å². The van der Waals surface area contributed by atoms with Gasteiger partial charge in [-0.25, -0.2) is 0 Å². The van der Waals surface area contributed by atoms with Crippen LogP contribution in [0.2, 0.25) is 0 Å². The molecule has 2 aliphatic heterocycles. The minimum Gasteiger partial charge on any atom is -0.493 e. The van der Waals surface area contributed by atoms with Gasteiger partial charge in [0, 0.05) is 33.3 Å². The number of aliphatic imine (C=N–C) groups is 1. The van der Waals surface area contributed by atoms with E-state index in [4.69, 9.17) is 23.7 Å². The SMILES string of the molecule is CN=C(NCc1cc(OC)c(OC)c(OC)c1)N1CCC(OCC2CCCCO2)CC1.I. The van der Waals surface area contributed by atoms with Crippen molar-refractivity contribution < 1.29 is 23.7 Å². The van der Waals surface area contributed by atoms with E-state index in [0.717, 1.165) is 57.1 Å². The summed E-state index contributed by atoms with van der Waals surface area (Å²) in [7, 11) is 6.68. The molecule has 1 aromatic carbocycles. The van der Waals surface area contributed by atoms with E-state index in [2.05, 4.69) is 15.2 Å². The molecule has 0 spiro atoms. The van der Waals surface area contributed by atoms with Crippen LogP contribution in [0.5, 0.6) is 17.2 Å². The smallest absolute Gasteiger partial charge is 0.203 e. The minimum absolute atomic E-state index is 0. The van der Waals surface area contributed by atoms with Gasteiger partial charge in [0.15, 0.2) is 17.5 Å². The second-order valence-electron chi connectivity index (χ2n) is 7.94. The number of rotatable bonds is 8. The Morgan fingerprint density at radius 3 is 2.28 bits per heavy atom. The molecule has 1 N–H and O–H groups in total. The highest BCUT2D eigenvalue weighted by Gasteiger charge is 2.24. The van der Waals surface area contributed by atoms with Gasteiger partial charge in [-0.3, -0.25) is 4.99 Å². The first-order chi connectivity index (χ1) is 15.2. The number of nitrogens with one attached hydrogen (secondary N) is 1. The normalized spacial score (nSPS) is 19.8. The molecule has 1 aromatic rings. The second-order valence-corrected chi connectivity index (χ2v) is 7.94. The third-order valence-corrected chi connectivity index (χ3v) is 5.92. The lowest BCUT2D eigenvalue weighted by molar-refractivity contribution is -0.0721. The van der Waals surface area contributed by atoms with Crippen molar-refractivity contribution >= 4 is 29.9 Å². The maximum Gasteiger partial charge on any atom is 0.203 e. The van der Waals surface area contributed by atoms with Crippen molar-refractivity contribution in [1.82, 2.24) is 10.2 Å². The molecule has 32 heavy (non-hydrogen) atoms. The average Bonchev–Trinajstić information content (AvgIpc) is 2.83. The van der Waals surface area contributed by atoms with Crippen LogP contribution in [0.15, 0.2) is 17.1 Å². The van der Waals surface area contributed by atoms with Crippen molar-refractivity contribution in [3.05, 3.63) is 17.7 Å². The lowest BCUT2D eigenvalue weighted by atomic mass is 10.1. The van der Waals surface area contributed by atoms with E-state index in [0.29, 0.717) is 29.9 Å². The number of nitrogens with zero attached hydrogens (tertiary/aromatic N) is 2. The molecule has 0 amide bonds. The van der Waals surface area contributed by atoms with Crippen molar-refractivity contribution in [3.8, 4) is 17.2 Å². The molecule has 2 saturated heterocycles. The van der Waals surface area contributed by atoms with Crippen molar-refractivity contribution in [3.63, 3.8) is 0 Å². The van der Waals surface area contributed by atoms with Gasteiger partial charge in [0.05, 0.1) is 40.1 Å². The van der Waals surface area contributed by atoms with Gasteiger partial charge in [-0.15, -0.1) is 24.0 Å². The summed E-state index contributed by atoms with van der Waals surface area (Å²) in [6.45, 7) is 4.05. The van der Waals surface area contributed by atoms with Crippen molar-refractivity contribution in [2.24, 2.45) is 4.99 Å². The highest BCUT2D eigenvalue weighted by Crippen LogP contribution is 2.38. The average molecular weight is 563 g/mol. The Morgan fingerprint density at radius 1 is 1.06 bits per heavy atom. The van der Waals surface area contributed by atoms with Crippen LogP contribution in [0, 0.1) is 0 Å². The Labute approximate surface area is 209 Å². The van der Waals surface area contributed by atoms with Crippen molar-refractivity contribution in [2.75, 3.05) is 54.7 Å². The summed E-state index contributed by atoms with van der Waals surface area (Å²) in [5.74, 6) is 2.78. The molecule has 8 nitrogen and oxygen atoms in total. The first-order valence-electron chi connectivity index (χ1n) is 11.2. The minimum atomic E-state index is 0. The number of guanidine groups is 1. The van der Waals surface area contributed by atoms with Crippen LogP contribution >= 0.6 is 24.0 Å². The molecule has 182 valence electrons. The summed E-state index contributed by atoms with van der Waals surface area (Å²) < 4.78 is 28.2. The maximum atomic E-state index is 6.13. The number of likely N-dealkylation sites (tertiary alicyclic amines) is 1. The molecule has 0 bridgehead atoms. The van der Waals surface area contributed by atoms with E-state index in [1.165, 1.54) is 12.8 Å². The second kappa shape index (κ2) is 13.9. The van der Waals surface area contributed by atoms with Gasteiger partial charge >= 0.3 is 0 Å². The van der Waals surface area contributed by atoms with Crippen LogP contribution < -0.4 is 19.5 Å². The fraction of sp³-hybridized carbons (Fsp3) is 0.696. The van der Waals surface area contributed by atoms with Crippen LogP contribution in [0.4, 0.5) is 0 Å². The topological polar surface area (TPSA) is 73.8 Å². The van der Waals surface area contributed by atoms with E-state index < -0.39 is 0 Å². The molecule has 0 radical (unpaired) electrons. The van der Waals surface area contributed by atoms with E-state index in [9.17, 15) is 0 Å². The molecule has 2 heterocycles. The zero-order valence-corrected chi connectivity index (χ0v) is 22.1. The summed E-state index contributed by atoms with van der Waals surface area (Å²) in [5.41, 5.74) is 1.03. The molecule has 0 aromatic heterocycles. The Bertz CT molecular complexity index is 695. The number of piperidine rings is 1. The van der Waals surface area contributed by atoms with Crippen LogP contribution in [0.1, 0.15) is 37.7 Å². The quantitative estimate of drug-likeness (QED) is 0.295. The first-order valence-corrected chi connectivity index (χ1v) is 11.2. The summed E-state index contributed by atoms with van der Waals surface area (Å²) in [6, 6.07) is 3.91. The third-order valence-electron chi connectivity index (χ3n) is 5.92. The number of ether oxygens (including phenoxy) is 5. The summed E-state index contributed by atoms with van der Waals surface area (Å²) in [5, 5.41) is 3.46. The van der Waals surface area contributed by atoms with Crippen LogP contribution in [0.25, 0.3) is 0 Å². The largest absolute Gasteiger partial charge is 0.493 e. The lowest BCUT2D eigenvalue weighted by Crippen LogP contribution is -2.47. The lowest BCUT2D eigenvalue weighted by Gasteiger charge is -2.35. The van der Waals surface area contributed by atoms with Gasteiger partial charge in [-0.05, 0) is 49.8 Å². The fourth-order valence-electron chi connectivity index (χ4n) is 4.17. The molecule has 0 aliphatic carbocycles. The Kier molecular flexibility index (Phi) is 11.7. The molecule has 1 unspecified atom stereocenters. The molecular formula is C23H38IN3O5. The summed E-state index contributed by atoms with van der Waals surface area (Å²) in [6.07, 6.45) is 6.12. The predicted octanol–water partition coefficient (Wildman–Crippen LogP) is 3.46. The van der Waals surface area contributed by atoms with Crippen molar-refractivity contribution in [1.29, 1.82) is 0 Å². The van der Waals surface area contributed by atoms with Crippen LogP contribution in [-0.2, 0) is 16.0 Å². The standard InChI is InChI=1S/C23H37N3O5.HI/c1-24-23(25-15-17-13-20(27-2)22(29-4)21(14-17)28-3)26-10-8-18(9-11-26)31-16-19-7-5-6-12-30-19;/h13-14,18-19H,5-12,15-16H2,1-4H3,(H,24,25);1H. The Morgan fingerprint density at radius 2 is 1.75 bits per heavy atom. The third kappa shape index (κ3) is 7.28. The molecule has 2 aliphatic rings. The van der Waals surface area contributed by atoms with Gasteiger partial charge < -0.3 is 33.9 Å². The molecule has 9 heteroatoms. The van der Waals surface area contributed by atoms with E-state index >= 15 is 0 Å². The number of benzene rings is 1. The van der Waals surface area contributed by atoms with E-state index in [1.54, 1.807) is 21.3 Å². The highest BCUT2D eigenvalue weighted by atomic mass is 127. The first kappa shape index (κ1) is 26.8. The summed E-state index contributed by atoms with van der Waals surface area (Å²) in [4.78, 5) is 6.76. The van der Waals surface area contributed by atoms with Crippen molar-refractivity contribution in [2.45, 2.75) is 50.9 Å². The van der Waals surface area contributed by atoms with Gasteiger partial charge in [0.1, 0.15) is 0 Å². The number of hydrogen-bond donors (Lipinski definition) is 1. The monoisotopic (exact) mass is 563 g/mol. The van der Waals surface area contributed by atoms with Gasteiger partial charge in [0.2, 0.25) is 5.75 Å². The van der Waals surface area contributed by atoms with Gasteiger partial charge in [-0.1, -0.05) is 0 Å². The zero-order valence-electron chi connectivity index (χ0n) is 19.7. The fourth-order valence-corrected chi connectivity index (χ4v) is 4.17. The number of halogens is 1.